The largest absolute Gasteiger partial charge is 0.416 e. The lowest BCUT2D eigenvalue weighted by molar-refractivity contribution is -0.137. The van der Waals surface area contributed by atoms with Gasteiger partial charge < -0.3 is 0 Å². The molecule has 0 aliphatic carbocycles. The van der Waals surface area contributed by atoms with Gasteiger partial charge in [-0.3, -0.25) is 4.79 Å². The summed E-state index contributed by atoms with van der Waals surface area (Å²) in [5.41, 5.74) is 0.317. The fourth-order valence-electron chi connectivity index (χ4n) is 1.60. The Bertz CT molecular complexity index is 584. The van der Waals surface area contributed by atoms with Crippen LogP contribution in [0.25, 0.3) is 10.4 Å². The number of benzene rings is 1. The summed E-state index contributed by atoms with van der Waals surface area (Å²) < 4.78 is 37.7. The maximum atomic E-state index is 12.6. The highest BCUT2D eigenvalue weighted by atomic mass is 32.1. The molecule has 0 atom stereocenters. The number of thiophene rings is 1. The summed E-state index contributed by atoms with van der Waals surface area (Å²) in [4.78, 5) is 12.2. The quantitative estimate of drug-likeness (QED) is 0.731. The molecule has 0 spiro atoms. The molecule has 0 saturated carbocycles. The van der Waals surface area contributed by atoms with E-state index in [-0.39, 0.29) is 0 Å². The maximum absolute atomic E-state index is 12.6. The van der Waals surface area contributed by atoms with E-state index in [2.05, 4.69) is 0 Å². The smallest absolute Gasteiger partial charge is 0.298 e. The van der Waals surface area contributed by atoms with Crippen molar-refractivity contribution in [3.63, 3.8) is 0 Å². The molecule has 5 heteroatoms. The third kappa shape index (κ3) is 2.46. The number of rotatable bonds is 2. The van der Waals surface area contributed by atoms with Gasteiger partial charge in [0.1, 0.15) is 0 Å². The number of halogens is 3. The molecular weight excluding hydrogens is 261 g/mol. The van der Waals surface area contributed by atoms with Crippen LogP contribution in [0.1, 0.15) is 20.8 Å². The minimum absolute atomic E-state index is 0.478. The van der Waals surface area contributed by atoms with Gasteiger partial charge in [-0.15, -0.1) is 11.3 Å². The molecule has 0 aliphatic rings. The summed E-state index contributed by atoms with van der Waals surface area (Å²) >= 11 is 1.31. The predicted molar refractivity (Wildman–Crippen MR) is 64.9 cm³/mol. The van der Waals surface area contributed by atoms with Crippen LogP contribution in [-0.4, -0.2) is 6.29 Å². The van der Waals surface area contributed by atoms with Crippen LogP contribution in [0.2, 0.25) is 0 Å². The summed E-state index contributed by atoms with van der Waals surface area (Å²) in [5, 5.41) is 0. The molecule has 0 unspecified atom stereocenters. The Hall–Kier alpha value is -1.62. The third-order valence-corrected chi connectivity index (χ3v) is 3.67. The number of hydrogen-bond donors (Lipinski definition) is 0. The van der Waals surface area contributed by atoms with Crippen LogP contribution in [0.3, 0.4) is 0 Å². The average molecular weight is 270 g/mol. The predicted octanol–water partition coefficient (Wildman–Crippen LogP) is 4.55. The molecule has 1 aromatic carbocycles. The van der Waals surface area contributed by atoms with Crippen LogP contribution in [0.5, 0.6) is 0 Å². The molecule has 94 valence electrons. The van der Waals surface area contributed by atoms with Gasteiger partial charge >= 0.3 is 6.18 Å². The molecule has 0 aliphatic heterocycles. The summed E-state index contributed by atoms with van der Waals surface area (Å²) in [7, 11) is 0. The Kier molecular flexibility index (Phi) is 3.26. The fourth-order valence-corrected chi connectivity index (χ4v) is 2.59. The van der Waals surface area contributed by atoms with Crippen LogP contribution in [0.15, 0.2) is 30.3 Å². The van der Waals surface area contributed by atoms with Crippen LogP contribution < -0.4 is 0 Å². The Morgan fingerprint density at radius 1 is 1.22 bits per heavy atom. The van der Waals surface area contributed by atoms with E-state index in [1.165, 1.54) is 17.4 Å². The van der Waals surface area contributed by atoms with Gasteiger partial charge in [0.25, 0.3) is 0 Å². The lowest BCUT2D eigenvalue weighted by Gasteiger charge is -2.07. The molecule has 1 aromatic heterocycles. The first-order valence-electron chi connectivity index (χ1n) is 5.15. The molecule has 0 N–H and O–H groups in total. The van der Waals surface area contributed by atoms with Gasteiger partial charge in [-0.1, -0.05) is 12.1 Å². The highest BCUT2D eigenvalue weighted by Crippen LogP contribution is 2.35. The van der Waals surface area contributed by atoms with Crippen molar-refractivity contribution >= 4 is 17.6 Å². The van der Waals surface area contributed by atoms with E-state index in [4.69, 9.17) is 0 Å². The number of carbonyl (C=O) groups excluding carboxylic acids is 1. The van der Waals surface area contributed by atoms with E-state index in [9.17, 15) is 18.0 Å². The first-order valence-corrected chi connectivity index (χ1v) is 5.96. The molecule has 0 saturated heterocycles. The van der Waals surface area contributed by atoms with Crippen LogP contribution in [-0.2, 0) is 6.18 Å². The molecule has 0 bridgehead atoms. The van der Waals surface area contributed by atoms with Crippen molar-refractivity contribution in [1.82, 2.24) is 0 Å². The zero-order chi connectivity index (χ0) is 13.3. The standard InChI is InChI=1S/C13H9F3OS/c1-8-10(7-17)6-12(18-8)9-3-2-4-11(5-9)13(14,15)16/h2-7H,1H3. The van der Waals surface area contributed by atoms with Gasteiger partial charge in [0, 0.05) is 15.3 Å². The van der Waals surface area contributed by atoms with E-state index in [0.717, 1.165) is 17.0 Å². The Balaban J connectivity index is 2.47. The summed E-state index contributed by atoms with van der Waals surface area (Å²) in [6.45, 7) is 1.77. The molecule has 0 amide bonds. The van der Waals surface area contributed by atoms with Crippen LogP contribution in [0, 0.1) is 6.92 Å². The fraction of sp³-hybridized carbons (Fsp3) is 0.154. The number of alkyl halides is 3. The number of carbonyl (C=O) groups is 1. The van der Waals surface area contributed by atoms with Gasteiger partial charge in [-0.25, -0.2) is 0 Å². The molecule has 2 aromatic rings. The van der Waals surface area contributed by atoms with Gasteiger partial charge in [-0.05, 0) is 30.7 Å². The normalized spacial score (nSPS) is 11.6. The molecule has 18 heavy (non-hydrogen) atoms. The van der Waals surface area contributed by atoms with Gasteiger partial charge in [0.15, 0.2) is 6.29 Å². The minimum Gasteiger partial charge on any atom is -0.298 e. The molecule has 1 heterocycles. The van der Waals surface area contributed by atoms with Crippen molar-refractivity contribution in [2.75, 3.05) is 0 Å². The highest BCUT2D eigenvalue weighted by molar-refractivity contribution is 7.15. The summed E-state index contributed by atoms with van der Waals surface area (Å²) in [6.07, 6.45) is -3.64. The molecule has 0 fully saturated rings. The Morgan fingerprint density at radius 3 is 2.50 bits per heavy atom. The lowest BCUT2D eigenvalue weighted by atomic mass is 10.1. The maximum Gasteiger partial charge on any atom is 0.416 e. The van der Waals surface area contributed by atoms with Gasteiger partial charge in [0.2, 0.25) is 0 Å². The topological polar surface area (TPSA) is 17.1 Å². The molecule has 1 nitrogen and oxygen atoms in total. The zero-order valence-corrected chi connectivity index (χ0v) is 10.2. The number of hydrogen-bond acceptors (Lipinski definition) is 2. The van der Waals surface area contributed by atoms with Crippen LogP contribution in [0.4, 0.5) is 13.2 Å². The second kappa shape index (κ2) is 4.57. The van der Waals surface area contributed by atoms with Gasteiger partial charge in [0.05, 0.1) is 5.56 Å². The van der Waals surface area contributed by atoms with E-state index in [0.29, 0.717) is 22.3 Å². The minimum atomic E-state index is -4.35. The van der Waals surface area contributed by atoms with Crippen molar-refractivity contribution in [2.24, 2.45) is 0 Å². The number of aryl methyl sites for hydroxylation is 1. The molecule has 0 radical (unpaired) electrons. The second-order valence-electron chi connectivity index (χ2n) is 3.82. The molecule has 2 rings (SSSR count). The van der Waals surface area contributed by atoms with Crippen molar-refractivity contribution in [3.8, 4) is 10.4 Å². The Morgan fingerprint density at radius 2 is 1.94 bits per heavy atom. The van der Waals surface area contributed by atoms with E-state index in [1.54, 1.807) is 19.1 Å². The third-order valence-electron chi connectivity index (χ3n) is 2.56. The first kappa shape index (κ1) is 12.8. The number of aldehydes is 1. The van der Waals surface area contributed by atoms with Gasteiger partial charge in [-0.2, -0.15) is 13.2 Å². The van der Waals surface area contributed by atoms with Crippen LogP contribution >= 0.6 is 11.3 Å². The highest BCUT2D eigenvalue weighted by Gasteiger charge is 2.30. The van der Waals surface area contributed by atoms with E-state index in [1.807, 2.05) is 0 Å². The first-order chi connectivity index (χ1) is 8.41. The Labute approximate surface area is 106 Å². The average Bonchev–Trinajstić information content (AvgIpc) is 2.70. The van der Waals surface area contributed by atoms with E-state index >= 15 is 0 Å². The lowest BCUT2D eigenvalue weighted by Crippen LogP contribution is -2.04. The van der Waals surface area contributed by atoms with Crippen molar-refractivity contribution < 1.29 is 18.0 Å². The molecular formula is C13H9F3OS. The van der Waals surface area contributed by atoms with E-state index < -0.39 is 11.7 Å². The monoisotopic (exact) mass is 270 g/mol. The van der Waals surface area contributed by atoms with Crippen molar-refractivity contribution in [1.29, 1.82) is 0 Å². The van der Waals surface area contributed by atoms with Crippen molar-refractivity contribution in [3.05, 3.63) is 46.3 Å². The SMILES string of the molecule is Cc1sc(-c2cccc(C(F)(F)F)c2)cc1C=O. The summed E-state index contributed by atoms with van der Waals surface area (Å²) in [5.74, 6) is 0. The second-order valence-corrected chi connectivity index (χ2v) is 5.07. The summed E-state index contributed by atoms with van der Waals surface area (Å²) in [6, 6.07) is 6.72. The van der Waals surface area contributed by atoms with Crippen molar-refractivity contribution in [2.45, 2.75) is 13.1 Å². The zero-order valence-electron chi connectivity index (χ0n) is 9.41.